The summed E-state index contributed by atoms with van der Waals surface area (Å²) in [5.74, 6) is 0.482. The molecule has 3 heterocycles. The maximum Gasteiger partial charge on any atom is 0.222 e. The van der Waals surface area contributed by atoms with Crippen LogP contribution in [0.15, 0.2) is 122 Å². The fraction of sp³-hybridized carbons (Fsp3) is 0.348. The summed E-state index contributed by atoms with van der Waals surface area (Å²) in [4.78, 5) is 31.7. The number of nitrogens with zero attached hydrogens (tertiary/aromatic N) is 4. The number of carbonyl (C=O) groups is 2. The number of fused-ring (bicyclic) bond motifs is 10. The highest BCUT2D eigenvalue weighted by Crippen LogP contribution is 2.26. The summed E-state index contributed by atoms with van der Waals surface area (Å²) < 4.78 is 4.76. The Kier molecular flexibility index (Phi) is 11.8. The van der Waals surface area contributed by atoms with Gasteiger partial charge in [-0.05, 0) is 72.9 Å². The van der Waals surface area contributed by atoms with Gasteiger partial charge >= 0.3 is 0 Å². The van der Waals surface area contributed by atoms with E-state index in [1.807, 2.05) is 12.1 Å². The Morgan fingerprint density at radius 3 is 1.25 bits per heavy atom. The maximum absolute atomic E-state index is 13.8. The molecule has 0 saturated heterocycles. The Morgan fingerprint density at radius 1 is 0.404 bits per heavy atom. The second-order valence-corrected chi connectivity index (χ2v) is 14.5. The van der Waals surface area contributed by atoms with Crippen LogP contribution in [0.25, 0.3) is 21.8 Å². The van der Waals surface area contributed by atoms with Crippen molar-refractivity contribution in [2.45, 2.75) is 90.4 Å². The zero-order chi connectivity index (χ0) is 35.5. The number of carbonyl (C=O) groups excluding carboxylic acids is 2. The van der Waals surface area contributed by atoms with Crippen LogP contribution < -0.4 is 0 Å². The predicted molar refractivity (Wildman–Crippen MR) is 212 cm³/mol. The lowest BCUT2D eigenvalue weighted by Gasteiger charge is -2.23. The number of rotatable bonds is 4. The van der Waals surface area contributed by atoms with Crippen LogP contribution >= 0.6 is 0 Å². The monoisotopic (exact) mass is 692 g/mol. The summed E-state index contributed by atoms with van der Waals surface area (Å²) in [7, 11) is 0. The van der Waals surface area contributed by atoms with Gasteiger partial charge in [-0.1, -0.05) is 110 Å². The molecule has 0 atom stereocenters. The van der Waals surface area contributed by atoms with Gasteiger partial charge in [0.1, 0.15) is 0 Å². The van der Waals surface area contributed by atoms with Gasteiger partial charge < -0.3 is 18.9 Å². The molecule has 52 heavy (non-hydrogen) atoms. The number of hydrogen-bond donors (Lipinski definition) is 0. The van der Waals surface area contributed by atoms with Gasteiger partial charge in [-0.3, -0.25) is 9.59 Å². The minimum atomic E-state index is 0.241. The second kappa shape index (κ2) is 17.4. The standard InChI is InChI=1S/C46H52N4O2/c51-45-25-9-3-15-29-48-36-40(42-22-12-14-24-44(42)48)28-32-50(34-38-19-7-2-8-20-38)46(52)26-10-4-16-30-47-35-39(41-21-11-13-23-43(41)47)27-31-49(45)33-37-17-5-1-6-18-37/h1-2,5-8,11-14,17-24,35-36H,3-4,9-10,15-16,25-34H2. The number of amides is 2. The third kappa shape index (κ3) is 8.85. The van der Waals surface area contributed by atoms with E-state index in [4.69, 9.17) is 0 Å². The van der Waals surface area contributed by atoms with Crippen LogP contribution in [0.3, 0.4) is 0 Å². The molecule has 4 aromatic carbocycles. The van der Waals surface area contributed by atoms with Crippen molar-refractivity contribution >= 4 is 33.6 Å². The summed E-state index contributed by atoms with van der Waals surface area (Å²) in [5.41, 5.74) is 7.42. The summed E-state index contributed by atoms with van der Waals surface area (Å²) in [6.07, 6.45) is 13.2. The molecule has 0 aliphatic carbocycles. The van der Waals surface area contributed by atoms with Crippen LogP contribution in [0.4, 0.5) is 0 Å². The highest BCUT2D eigenvalue weighted by atomic mass is 16.2. The van der Waals surface area contributed by atoms with E-state index in [1.165, 1.54) is 44.1 Å². The van der Waals surface area contributed by atoms with Crippen molar-refractivity contribution in [2.75, 3.05) is 13.1 Å². The largest absolute Gasteiger partial charge is 0.347 e. The molecule has 0 saturated carbocycles. The zero-order valence-corrected chi connectivity index (χ0v) is 30.5. The molecule has 2 amide bonds. The van der Waals surface area contributed by atoms with Crippen LogP contribution in [0.2, 0.25) is 0 Å². The van der Waals surface area contributed by atoms with Crippen molar-refractivity contribution in [1.29, 1.82) is 0 Å². The smallest absolute Gasteiger partial charge is 0.222 e. The number of aryl methyl sites for hydroxylation is 2. The Bertz CT molecular complexity index is 1910. The average Bonchev–Trinajstić information content (AvgIpc) is 3.72. The van der Waals surface area contributed by atoms with Gasteiger partial charge in [0.2, 0.25) is 11.8 Å². The second-order valence-electron chi connectivity index (χ2n) is 14.5. The van der Waals surface area contributed by atoms with Gasteiger partial charge in [-0.15, -0.1) is 0 Å². The predicted octanol–water partition coefficient (Wildman–Crippen LogP) is 9.57. The fourth-order valence-electron chi connectivity index (χ4n) is 7.90. The molecule has 1 aliphatic rings. The normalized spacial score (nSPS) is 16.3. The van der Waals surface area contributed by atoms with E-state index in [2.05, 4.69) is 128 Å². The molecule has 0 spiro atoms. The minimum absolute atomic E-state index is 0.241. The van der Waals surface area contributed by atoms with Crippen molar-refractivity contribution in [3.63, 3.8) is 0 Å². The Hall–Kier alpha value is -5.10. The molecular weight excluding hydrogens is 641 g/mol. The summed E-state index contributed by atoms with van der Waals surface area (Å²) in [6.45, 7) is 4.50. The topological polar surface area (TPSA) is 50.5 Å². The van der Waals surface area contributed by atoms with Crippen LogP contribution in [0, 0.1) is 0 Å². The average molecular weight is 693 g/mol. The first-order chi connectivity index (χ1) is 25.6. The lowest BCUT2D eigenvalue weighted by atomic mass is 10.1. The molecule has 0 fully saturated rings. The Balaban J connectivity index is 1.11. The van der Waals surface area contributed by atoms with E-state index in [-0.39, 0.29) is 11.8 Å². The van der Waals surface area contributed by atoms with Crippen molar-refractivity contribution < 1.29 is 9.59 Å². The lowest BCUT2D eigenvalue weighted by Crippen LogP contribution is -2.32. The highest BCUT2D eigenvalue weighted by Gasteiger charge is 2.18. The molecular formula is C46H52N4O2. The van der Waals surface area contributed by atoms with Gasteiger partial charge in [-0.2, -0.15) is 0 Å². The van der Waals surface area contributed by atoms with Gasteiger partial charge in [0, 0.05) is 86.3 Å². The van der Waals surface area contributed by atoms with Crippen LogP contribution in [0.1, 0.15) is 73.6 Å². The molecule has 268 valence electrons. The van der Waals surface area contributed by atoms with Gasteiger partial charge in [0.25, 0.3) is 0 Å². The molecule has 4 bridgehead atoms. The van der Waals surface area contributed by atoms with Crippen molar-refractivity contribution in [3.05, 3.63) is 144 Å². The third-order valence-corrected chi connectivity index (χ3v) is 10.8. The minimum Gasteiger partial charge on any atom is -0.347 e. The molecule has 0 N–H and O–H groups in total. The first-order valence-corrected chi connectivity index (χ1v) is 19.4. The highest BCUT2D eigenvalue weighted by molar-refractivity contribution is 5.85. The van der Waals surface area contributed by atoms with Crippen LogP contribution in [-0.2, 0) is 48.6 Å². The van der Waals surface area contributed by atoms with E-state index < -0.39 is 0 Å². The molecule has 0 radical (unpaired) electrons. The van der Waals surface area contributed by atoms with Crippen LogP contribution in [-0.4, -0.2) is 43.8 Å². The van der Waals surface area contributed by atoms with Crippen LogP contribution in [0.5, 0.6) is 0 Å². The Morgan fingerprint density at radius 2 is 0.808 bits per heavy atom. The summed E-state index contributed by atoms with van der Waals surface area (Å²) in [5, 5.41) is 2.54. The van der Waals surface area contributed by atoms with E-state index >= 15 is 0 Å². The first-order valence-electron chi connectivity index (χ1n) is 19.4. The van der Waals surface area contributed by atoms with Crippen molar-refractivity contribution in [3.8, 4) is 0 Å². The molecule has 0 unspecified atom stereocenters. The van der Waals surface area contributed by atoms with Crippen molar-refractivity contribution in [1.82, 2.24) is 18.9 Å². The van der Waals surface area contributed by atoms with E-state index in [1.54, 1.807) is 0 Å². The quantitative estimate of drug-likeness (QED) is 0.185. The third-order valence-electron chi connectivity index (χ3n) is 10.8. The molecule has 2 aromatic heterocycles. The number of aromatic nitrogens is 2. The zero-order valence-electron chi connectivity index (χ0n) is 30.5. The fourth-order valence-corrected chi connectivity index (χ4v) is 7.90. The van der Waals surface area contributed by atoms with Crippen molar-refractivity contribution in [2.24, 2.45) is 0 Å². The van der Waals surface area contributed by atoms with Gasteiger partial charge in [0.15, 0.2) is 0 Å². The van der Waals surface area contributed by atoms with E-state index in [0.29, 0.717) is 39.0 Å². The lowest BCUT2D eigenvalue weighted by molar-refractivity contribution is -0.132. The summed E-state index contributed by atoms with van der Waals surface area (Å²) >= 11 is 0. The van der Waals surface area contributed by atoms with Gasteiger partial charge in [0.05, 0.1) is 0 Å². The number of benzene rings is 4. The summed E-state index contributed by atoms with van der Waals surface area (Å²) in [6, 6.07) is 38.1. The number of hydrogen-bond acceptors (Lipinski definition) is 2. The number of para-hydroxylation sites is 2. The molecule has 6 nitrogen and oxygen atoms in total. The molecule has 6 heteroatoms. The molecule has 1 aliphatic heterocycles. The maximum atomic E-state index is 13.8. The first kappa shape index (κ1) is 35.3. The van der Waals surface area contributed by atoms with E-state index in [9.17, 15) is 9.59 Å². The molecule has 7 rings (SSSR count). The SMILES string of the molecule is O=C1CCCCCn2cc(c3ccccc32)CCN(Cc2ccccc2)C(=O)CCCCCn2cc(c3ccccc32)CCN1Cc1ccccc1. The Labute approximate surface area is 308 Å². The molecule has 6 aromatic rings. The van der Waals surface area contributed by atoms with E-state index in [0.717, 1.165) is 64.5 Å². The van der Waals surface area contributed by atoms with Gasteiger partial charge in [-0.25, -0.2) is 0 Å².